The van der Waals surface area contributed by atoms with E-state index in [4.69, 9.17) is 0 Å². The molecule has 2 heterocycles. The minimum Gasteiger partial charge on any atom is -0.314 e. The van der Waals surface area contributed by atoms with Crippen LogP contribution in [-0.4, -0.2) is 62.2 Å². The van der Waals surface area contributed by atoms with Crippen molar-refractivity contribution in [2.24, 2.45) is 0 Å². The molecule has 0 aromatic heterocycles. The van der Waals surface area contributed by atoms with Crippen LogP contribution in [0.2, 0.25) is 0 Å². The fraction of sp³-hybridized carbons (Fsp3) is 1.00. The molecule has 0 spiro atoms. The Hall–Kier alpha value is -0.120. The third-order valence-corrected chi connectivity index (χ3v) is 4.10. The summed E-state index contributed by atoms with van der Waals surface area (Å²) in [4.78, 5) is 5.10. The van der Waals surface area contributed by atoms with Crippen LogP contribution in [0.1, 0.15) is 32.1 Å². The lowest BCUT2D eigenvalue weighted by Crippen LogP contribution is -2.44. The summed E-state index contributed by atoms with van der Waals surface area (Å²) >= 11 is 0. The molecule has 0 aliphatic carbocycles. The molecule has 0 saturated carbocycles. The van der Waals surface area contributed by atoms with Crippen LogP contribution >= 0.6 is 0 Å². The Morgan fingerprint density at radius 2 is 1.81 bits per heavy atom. The second-order valence-electron chi connectivity index (χ2n) is 5.38. The van der Waals surface area contributed by atoms with E-state index in [9.17, 15) is 0 Å². The van der Waals surface area contributed by atoms with E-state index in [1.165, 1.54) is 71.4 Å². The molecule has 3 heteroatoms. The summed E-state index contributed by atoms with van der Waals surface area (Å²) in [5.74, 6) is 0. The van der Waals surface area contributed by atoms with E-state index in [1.807, 2.05) is 0 Å². The van der Waals surface area contributed by atoms with Crippen LogP contribution in [-0.2, 0) is 0 Å². The number of nitrogens with one attached hydrogen (secondary N) is 1. The van der Waals surface area contributed by atoms with Gasteiger partial charge in [0.25, 0.3) is 0 Å². The lowest BCUT2D eigenvalue weighted by atomic mass is 10.0. The average molecular weight is 225 g/mol. The summed E-state index contributed by atoms with van der Waals surface area (Å²) < 4.78 is 0. The number of likely N-dealkylation sites (N-methyl/N-ethyl adjacent to an activating group) is 1. The van der Waals surface area contributed by atoms with Crippen LogP contribution in [0.5, 0.6) is 0 Å². The summed E-state index contributed by atoms with van der Waals surface area (Å²) in [6.07, 6.45) is 7.01. The molecule has 2 rings (SSSR count). The number of nitrogens with zero attached hydrogens (tertiary/aromatic N) is 2. The number of piperidine rings is 1. The predicted molar refractivity (Wildman–Crippen MR) is 68.8 cm³/mol. The van der Waals surface area contributed by atoms with Gasteiger partial charge in [-0.1, -0.05) is 6.42 Å². The van der Waals surface area contributed by atoms with Crippen LogP contribution in [0, 0.1) is 0 Å². The lowest BCUT2D eigenvalue weighted by Gasteiger charge is -2.32. The van der Waals surface area contributed by atoms with Gasteiger partial charge < -0.3 is 15.1 Å². The van der Waals surface area contributed by atoms with E-state index in [0.717, 1.165) is 6.04 Å². The van der Waals surface area contributed by atoms with E-state index in [2.05, 4.69) is 22.2 Å². The quantitative estimate of drug-likeness (QED) is 0.708. The molecule has 94 valence electrons. The maximum absolute atomic E-state index is 3.63. The average Bonchev–Trinajstić information content (AvgIpc) is 2.79. The van der Waals surface area contributed by atoms with Gasteiger partial charge in [-0.3, -0.25) is 0 Å². The molecular formula is C13H27N3. The summed E-state index contributed by atoms with van der Waals surface area (Å²) in [6, 6.07) is 0.785. The first kappa shape index (κ1) is 12.3. The Labute approximate surface area is 100 Å². The molecule has 16 heavy (non-hydrogen) atoms. The van der Waals surface area contributed by atoms with Gasteiger partial charge in [-0.05, 0) is 52.4 Å². The van der Waals surface area contributed by atoms with E-state index in [-0.39, 0.29) is 0 Å². The number of likely N-dealkylation sites (tertiary alicyclic amines) is 2. The molecule has 0 aromatic rings. The molecule has 1 unspecified atom stereocenters. The molecule has 1 N–H and O–H groups in total. The van der Waals surface area contributed by atoms with Crippen molar-refractivity contribution in [1.29, 1.82) is 0 Å². The molecule has 2 fully saturated rings. The van der Waals surface area contributed by atoms with Crippen LogP contribution < -0.4 is 5.32 Å². The summed E-state index contributed by atoms with van der Waals surface area (Å²) in [6.45, 7) is 7.54. The van der Waals surface area contributed by atoms with Crippen LogP contribution in [0.3, 0.4) is 0 Å². The zero-order valence-corrected chi connectivity index (χ0v) is 10.7. The summed E-state index contributed by atoms with van der Waals surface area (Å²) in [5, 5.41) is 3.63. The van der Waals surface area contributed by atoms with Crippen molar-refractivity contribution < 1.29 is 0 Å². The normalized spacial score (nSPS) is 28.7. The lowest BCUT2D eigenvalue weighted by molar-refractivity contribution is 0.180. The maximum Gasteiger partial charge on any atom is 0.0217 e. The van der Waals surface area contributed by atoms with Gasteiger partial charge in [0.2, 0.25) is 0 Å². The molecule has 0 aromatic carbocycles. The first-order chi connectivity index (χ1) is 7.86. The zero-order valence-electron chi connectivity index (χ0n) is 10.7. The molecule has 2 aliphatic heterocycles. The summed E-state index contributed by atoms with van der Waals surface area (Å²) in [7, 11) is 2.27. The van der Waals surface area contributed by atoms with Gasteiger partial charge in [0.15, 0.2) is 0 Å². The van der Waals surface area contributed by atoms with Gasteiger partial charge in [0, 0.05) is 25.7 Å². The first-order valence-electron chi connectivity index (χ1n) is 6.99. The highest BCUT2D eigenvalue weighted by Crippen LogP contribution is 2.13. The van der Waals surface area contributed by atoms with E-state index in [1.54, 1.807) is 0 Å². The van der Waals surface area contributed by atoms with Gasteiger partial charge in [-0.2, -0.15) is 0 Å². The Balaban J connectivity index is 1.53. The fourth-order valence-corrected chi connectivity index (χ4v) is 2.91. The van der Waals surface area contributed by atoms with Crippen molar-refractivity contribution in [3.63, 3.8) is 0 Å². The van der Waals surface area contributed by atoms with Gasteiger partial charge in [-0.25, -0.2) is 0 Å². The topological polar surface area (TPSA) is 18.5 Å². The third-order valence-electron chi connectivity index (χ3n) is 4.10. The van der Waals surface area contributed by atoms with Gasteiger partial charge in [-0.15, -0.1) is 0 Å². The van der Waals surface area contributed by atoms with Crippen LogP contribution in [0.25, 0.3) is 0 Å². The van der Waals surface area contributed by atoms with Crippen molar-refractivity contribution >= 4 is 0 Å². The smallest absolute Gasteiger partial charge is 0.0217 e. The van der Waals surface area contributed by atoms with Gasteiger partial charge in [0.05, 0.1) is 0 Å². The molecule has 0 amide bonds. The van der Waals surface area contributed by atoms with Gasteiger partial charge in [0.1, 0.15) is 0 Å². The highest BCUT2D eigenvalue weighted by Gasteiger charge is 2.18. The third kappa shape index (κ3) is 3.72. The van der Waals surface area contributed by atoms with Crippen LogP contribution in [0.15, 0.2) is 0 Å². The van der Waals surface area contributed by atoms with E-state index >= 15 is 0 Å². The van der Waals surface area contributed by atoms with Crippen molar-refractivity contribution in [3.8, 4) is 0 Å². The first-order valence-corrected chi connectivity index (χ1v) is 6.99. The number of rotatable bonds is 5. The Kier molecular flexibility index (Phi) is 5.07. The van der Waals surface area contributed by atoms with Crippen LogP contribution in [0.4, 0.5) is 0 Å². The SMILES string of the molecule is CN1CCCCC1CNCCN1CCCC1. The van der Waals surface area contributed by atoms with Crippen molar-refractivity contribution in [2.75, 3.05) is 46.3 Å². The van der Waals surface area contributed by atoms with Crippen molar-refractivity contribution in [3.05, 3.63) is 0 Å². The minimum atomic E-state index is 0.785. The maximum atomic E-state index is 3.63. The van der Waals surface area contributed by atoms with Gasteiger partial charge >= 0.3 is 0 Å². The second-order valence-corrected chi connectivity index (χ2v) is 5.38. The standard InChI is InChI=1S/C13H27N3/c1-15-8-3-2-6-13(15)12-14-7-11-16-9-4-5-10-16/h13-14H,2-12H2,1H3. The molecule has 0 bridgehead atoms. The summed E-state index contributed by atoms with van der Waals surface area (Å²) in [5.41, 5.74) is 0. The fourth-order valence-electron chi connectivity index (χ4n) is 2.91. The van der Waals surface area contributed by atoms with Crippen molar-refractivity contribution in [1.82, 2.24) is 15.1 Å². The molecular weight excluding hydrogens is 198 g/mol. The molecule has 2 saturated heterocycles. The second kappa shape index (κ2) is 6.58. The Morgan fingerprint density at radius 3 is 2.56 bits per heavy atom. The highest BCUT2D eigenvalue weighted by molar-refractivity contribution is 4.76. The van der Waals surface area contributed by atoms with E-state index < -0.39 is 0 Å². The molecule has 3 nitrogen and oxygen atoms in total. The van der Waals surface area contributed by atoms with E-state index in [0.29, 0.717) is 0 Å². The monoisotopic (exact) mass is 225 g/mol. The largest absolute Gasteiger partial charge is 0.314 e. The minimum absolute atomic E-state index is 0.785. The number of hydrogen-bond donors (Lipinski definition) is 1. The Bertz CT molecular complexity index is 190. The molecule has 1 atom stereocenters. The molecule has 0 radical (unpaired) electrons. The zero-order chi connectivity index (χ0) is 11.2. The van der Waals surface area contributed by atoms with Crippen molar-refractivity contribution in [2.45, 2.75) is 38.1 Å². The molecule has 2 aliphatic rings. The Morgan fingerprint density at radius 1 is 1.06 bits per heavy atom. The number of hydrogen-bond acceptors (Lipinski definition) is 3. The predicted octanol–water partition coefficient (Wildman–Crippen LogP) is 1.16. The highest BCUT2D eigenvalue weighted by atomic mass is 15.2.